The van der Waals surface area contributed by atoms with Crippen LogP contribution in [-0.2, 0) is 19.1 Å². The number of carbonyl (C=O) groups is 3. The molecule has 8 nitrogen and oxygen atoms in total. The van der Waals surface area contributed by atoms with Gasteiger partial charge in [-0.3, -0.25) is 4.79 Å². The number of nitrogens with zero attached hydrogens (tertiary/aromatic N) is 1. The number of amides is 2. The molecular formula is C27H30N2O6. The van der Waals surface area contributed by atoms with E-state index in [-0.39, 0.29) is 12.5 Å². The molecule has 2 aromatic carbocycles. The number of alkyl carbamates (subject to hydrolysis) is 1. The lowest BCUT2D eigenvalue weighted by Gasteiger charge is -2.37. The minimum absolute atomic E-state index is 0.0608. The van der Waals surface area contributed by atoms with Crippen molar-refractivity contribution in [2.24, 2.45) is 0 Å². The van der Waals surface area contributed by atoms with E-state index in [2.05, 4.69) is 29.6 Å². The number of carbonyl (C=O) groups excluding carboxylic acids is 2. The minimum Gasteiger partial charge on any atom is -0.479 e. The number of carboxylic acids is 1. The summed E-state index contributed by atoms with van der Waals surface area (Å²) in [5, 5.41) is 12.6. The normalized spacial score (nSPS) is 22.3. The van der Waals surface area contributed by atoms with Crippen LogP contribution in [0.5, 0.6) is 0 Å². The lowest BCUT2D eigenvalue weighted by Crippen LogP contribution is -2.58. The van der Waals surface area contributed by atoms with Gasteiger partial charge in [0.05, 0.1) is 6.04 Å². The van der Waals surface area contributed by atoms with Gasteiger partial charge < -0.3 is 24.8 Å². The van der Waals surface area contributed by atoms with Gasteiger partial charge in [0.1, 0.15) is 12.1 Å². The predicted octanol–water partition coefficient (Wildman–Crippen LogP) is 3.54. The number of hydrogen-bond donors (Lipinski definition) is 2. The Labute approximate surface area is 204 Å². The highest BCUT2D eigenvalue weighted by Crippen LogP contribution is 2.44. The van der Waals surface area contributed by atoms with Gasteiger partial charge in [-0.25, -0.2) is 9.59 Å². The predicted molar refractivity (Wildman–Crippen MR) is 128 cm³/mol. The standard InChI is InChI=1S/C27H30N2O6/c1-29(27(25(31)32)13-6-7-14-27)24(30)23-22(12-15-34-23)28-26(33)35-16-21-19-10-4-2-8-17(19)18-9-3-5-11-20(18)21/h2-5,8-11,21-23H,6-7,12-16H2,1H3,(H,28,33)(H,31,32). The molecule has 2 atom stereocenters. The number of fused-ring (bicyclic) bond motifs is 3. The van der Waals surface area contributed by atoms with Crippen molar-refractivity contribution in [2.45, 2.75) is 55.7 Å². The summed E-state index contributed by atoms with van der Waals surface area (Å²) in [4.78, 5) is 39.3. The molecule has 1 saturated carbocycles. The molecule has 35 heavy (non-hydrogen) atoms. The average molecular weight is 479 g/mol. The van der Waals surface area contributed by atoms with Crippen molar-refractivity contribution >= 4 is 18.0 Å². The Bertz CT molecular complexity index is 1100. The Hall–Kier alpha value is -3.39. The molecule has 0 aromatic heterocycles. The fraction of sp³-hybridized carbons (Fsp3) is 0.444. The van der Waals surface area contributed by atoms with Crippen molar-refractivity contribution in [2.75, 3.05) is 20.3 Å². The lowest BCUT2D eigenvalue weighted by molar-refractivity contribution is -0.161. The molecule has 2 unspecified atom stereocenters. The summed E-state index contributed by atoms with van der Waals surface area (Å²) >= 11 is 0. The van der Waals surface area contributed by atoms with Gasteiger partial charge in [0.25, 0.3) is 5.91 Å². The smallest absolute Gasteiger partial charge is 0.407 e. The molecule has 2 aromatic rings. The molecule has 5 rings (SSSR count). The highest BCUT2D eigenvalue weighted by atomic mass is 16.6. The minimum atomic E-state index is -1.21. The first-order chi connectivity index (χ1) is 16.9. The van der Waals surface area contributed by atoms with Gasteiger partial charge in [-0.15, -0.1) is 0 Å². The van der Waals surface area contributed by atoms with Crippen molar-refractivity contribution in [3.8, 4) is 11.1 Å². The number of rotatable bonds is 6. The monoisotopic (exact) mass is 478 g/mol. The number of benzene rings is 2. The third kappa shape index (κ3) is 4.05. The first-order valence-electron chi connectivity index (χ1n) is 12.2. The largest absolute Gasteiger partial charge is 0.479 e. The molecule has 2 aliphatic carbocycles. The summed E-state index contributed by atoms with van der Waals surface area (Å²) in [5.74, 6) is -1.48. The Kier molecular flexibility index (Phi) is 6.23. The molecular weight excluding hydrogens is 448 g/mol. The number of ether oxygens (including phenoxy) is 2. The second kappa shape index (κ2) is 9.34. The summed E-state index contributed by atoms with van der Waals surface area (Å²) in [7, 11) is 1.52. The van der Waals surface area contributed by atoms with Crippen molar-refractivity contribution in [3.63, 3.8) is 0 Å². The molecule has 2 amide bonds. The third-order valence-corrected chi connectivity index (χ3v) is 7.78. The van der Waals surface area contributed by atoms with E-state index in [0.717, 1.165) is 35.1 Å². The molecule has 2 fully saturated rings. The van der Waals surface area contributed by atoms with E-state index in [1.165, 1.54) is 11.9 Å². The number of hydrogen-bond acceptors (Lipinski definition) is 5. The zero-order valence-electron chi connectivity index (χ0n) is 19.7. The maximum atomic E-state index is 13.2. The Morgan fingerprint density at radius 1 is 1.06 bits per heavy atom. The second-order valence-electron chi connectivity index (χ2n) is 9.60. The maximum absolute atomic E-state index is 13.2. The van der Waals surface area contributed by atoms with Gasteiger partial charge in [0.2, 0.25) is 0 Å². The SMILES string of the molecule is CN(C(=O)C1OCCC1NC(=O)OCC1c2ccccc2-c2ccccc21)C1(C(=O)O)CCCC1. The molecule has 2 N–H and O–H groups in total. The van der Waals surface area contributed by atoms with Crippen molar-refractivity contribution < 1.29 is 29.0 Å². The second-order valence-corrected chi connectivity index (χ2v) is 9.60. The molecule has 184 valence electrons. The molecule has 1 heterocycles. The quantitative estimate of drug-likeness (QED) is 0.658. The van der Waals surface area contributed by atoms with Crippen LogP contribution >= 0.6 is 0 Å². The molecule has 3 aliphatic rings. The van der Waals surface area contributed by atoms with Crippen LogP contribution in [0, 0.1) is 0 Å². The van der Waals surface area contributed by atoms with Gasteiger partial charge in [-0.05, 0) is 41.5 Å². The zero-order valence-corrected chi connectivity index (χ0v) is 19.7. The van der Waals surface area contributed by atoms with Crippen LogP contribution < -0.4 is 5.32 Å². The van der Waals surface area contributed by atoms with E-state index in [0.29, 0.717) is 25.9 Å². The van der Waals surface area contributed by atoms with Gasteiger partial charge >= 0.3 is 12.1 Å². The first kappa shape index (κ1) is 23.4. The summed E-state index contributed by atoms with van der Waals surface area (Å²) in [6, 6.07) is 15.6. The van der Waals surface area contributed by atoms with E-state index < -0.39 is 35.7 Å². The third-order valence-electron chi connectivity index (χ3n) is 7.78. The molecule has 1 saturated heterocycles. The Morgan fingerprint density at radius 2 is 1.66 bits per heavy atom. The maximum Gasteiger partial charge on any atom is 0.407 e. The van der Waals surface area contributed by atoms with Crippen molar-refractivity contribution in [3.05, 3.63) is 59.7 Å². The Morgan fingerprint density at radius 3 is 2.26 bits per heavy atom. The van der Waals surface area contributed by atoms with Crippen LogP contribution in [0.2, 0.25) is 0 Å². The van der Waals surface area contributed by atoms with Gasteiger partial charge in [-0.2, -0.15) is 0 Å². The van der Waals surface area contributed by atoms with Crippen LogP contribution in [0.4, 0.5) is 4.79 Å². The summed E-state index contributed by atoms with van der Waals surface area (Å²) in [6.45, 7) is 0.479. The van der Waals surface area contributed by atoms with E-state index in [4.69, 9.17) is 9.47 Å². The van der Waals surface area contributed by atoms with Crippen LogP contribution in [0.15, 0.2) is 48.5 Å². The summed E-state index contributed by atoms with van der Waals surface area (Å²) in [5.41, 5.74) is 3.33. The molecule has 0 radical (unpaired) electrons. The first-order valence-corrected chi connectivity index (χ1v) is 12.2. The topological polar surface area (TPSA) is 105 Å². The molecule has 1 aliphatic heterocycles. The van der Waals surface area contributed by atoms with E-state index in [1.807, 2.05) is 24.3 Å². The van der Waals surface area contributed by atoms with E-state index >= 15 is 0 Å². The summed E-state index contributed by atoms with van der Waals surface area (Å²) in [6.07, 6.45) is 1.26. The van der Waals surface area contributed by atoms with Gasteiger partial charge in [-0.1, -0.05) is 61.4 Å². The van der Waals surface area contributed by atoms with E-state index in [9.17, 15) is 19.5 Å². The number of nitrogens with one attached hydrogen (secondary N) is 1. The summed E-state index contributed by atoms with van der Waals surface area (Å²) < 4.78 is 11.3. The lowest BCUT2D eigenvalue weighted by atomic mass is 9.94. The number of carboxylic acid groups (broad SMARTS) is 1. The fourth-order valence-electron chi connectivity index (χ4n) is 5.83. The van der Waals surface area contributed by atoms with E-state index in [1.54, 1.807) is 0 Å². The molecule has 8 heteroatoms. The highest BCUT2D eigenvalue weighted by Gasteiger charge is 2.50. The van der Waals surface area contributed by atoms with Crippen molar-refractivity contribution in [1.29, 1.82) is 0 Å². The van der Waals surface area contributed by atoms with Crippen LogP contribution in [-0.4, -0.2) is 65.9 Å². The average Bonchev–Trinajstić information content (AvgIpc) is 3.60. The fourth-order valence-corrected chi connectivity index (χ4v) is 5.83. The van der Waals surface area contributed by atoms with Crippen LogP contribution in [0.3, 0.4) is 0 Å². The Balaban J connectivity index is 1.23. The van der Waals surface area contributed by atoms with Crippen LogP contribution in [0.25, 0.3) is 11.1 Å². The van der Waals surface area contributed by atoms with Gasteiger partial charge in [0, 0.05) is 19.6 Å². The van der Waals surface area contributed by atoms with Crippen molar-refractivity contribution in [1.82, 2.24) is 10.2 Å². The van der Waals surface area contributed by atoms with Crippen LogP contribution in [0.1, 0.15) is 49.1 Å². The number of aliphatic carboxylic acids is 1. The molecule has 0 bridgehead atoms. The zero-order chi connectivity index (χ0) is 24.6. The van der Waals surface area contributed by atoms with Gasteiger partial charge in [0.15, 0.2) is 6.10 Å². The number of likely N-dealkylation sites (N-methyl/N-ethyl adjacent to an activating group) is 1. The molecule has 0 spiro atoms. The highest BCUT2D eigenvalue weighted by molar-refractivity contribution is 5.90.